The molecule has 1 heterocycles. The number of aromatic carboxylic acids is 1. The van der Waals surface area contributed by atoms with Gasteiger partial charge in [-0.15, -0.1) is 0 Å². The third-order valence-electron chi connectivity index (χ3n) is 3.43. The Balaban J connectivity index is 1.91. The summed E-state index contributed by atoms with van der Waals surface area (Å²) in [6, 6.07) is 7.90. The van der Waals surface area contributed by atoms with E-state index in [4.69, 9.17) is 5.11 Å². The summed E-state index contributed by atoms with van der Waals surface area (Å²) in [7, 11) is 0. The van der Waals surface area contributed by atoms with E-state index in [-0.39, 0.29) is 5.56 Å². The van der Waals surface area contributed by atoms with Gasteiger partial charge >= 0.3 is 5.97 Å². The van der Waals surface area contributed by atoms with E-state index in [2.05, 4.69) is 22.4 Å². The van der Waals surface area contributed by atoms with Crippen molar-refractivity contribution in [2.45, 2.75) is 19.3 Å². The largest absolute Gasteiger partial charge is 0.478 e. The second kappa shape index (κ2) is 4.72. The summed E-state index contributed by atoms with van der Waals surface area (Å²) in [5, 5.41) is 12.3. The molecule has 0 aliphatic heterocycles. The van der Waals surface area contributed by atoms with Crippen molar-refractivity contribution in [3.8, 4) is 0 Å². The van der Waals surface area contributed by atoms with Crippen LogP contribution < -0.4 is 5.32 Å². The number of hydrogen-bond donors (Lipinski definition) is 2. The number of anilines is 2. The number of pyridine rings is 1. The number of carboxylic acid groups (broad SMARTS) is 1. The van der Waals surface area contributed by atoms with Crippen LogP contribution in [-0.4, -0.2) is 16.1 Å². The molecule has 1 aliphatic carbocycles. The molecular formula is C15H14N2O2. The molecule has 2 N–H and O–H groups in total. The topological polar surface area (TPSA) is 62.2 Å². The Labute approximate surface area is 111 Å². The molecule has 1 aromatic heterocycles. The van der Waals surface area contributed by atoms with E-state index in [0.717, 1.165) is 18.5 Å². The third-order valence-corrected chi connectivity index (χ3v) is 3.43. The lowest BCUT2D eigenvalue weighted by Crippen LogP contribution is -2.03. The van der Waals surface area contributed by atoms with Crippen molar-refractivity contribution in [3.05, 3.63) is 53.3 Å². The van der Waals surface area contributed by atoms with Gasteiger partial charge in [-0.3, -0.25) is 4.98 Å². The van der Waals surface area contributed by atoms with Crippen LogP contribution in [0.5, 0.6) is 0 Å². The second-order valence-electron chi connectivity index (χ2n) is 4.69. The predicted molar refractivity (Wildman–Crippen MR) is 72.9 cm³/mol. The van der Waals surface area contributed by atoms with Gasteiger partial charge in [0.2, 0.25) is 0 Å². The summed E-state index contributed by atoms with van der Waals surface area (Å²) in [5.74, 6) is -0.975. The average Bonchev–Trinajstić information content (AvgIpc) is 2.86. The zero-order valence-corrected chi connectivity index (χ0v) is 10.4. The van der Waals surface area contributed by atoms with Crippen molar-refractivity contribution < 1.29 is 9.90 Å². The number of carboxylic acids is 1. The van der Waals surface area contributed by atoms with E-state index in [1.165, 1.54) is 23.7 Å². The molecule has 3 rings (SSSR count). The number of benzene rings is 1. The summed E-state index contributed by atoms with van der Waals surface area (Å²) < 4.78 is 0. The first-order chi connectivity index (χ1) is 9.24. The molecule has 4 heteroatoms. The van der Waals surface area contributed by atoms with Crippen LogP contribution in [-0.2, 0) is 12.8 Å². The maximum atomic E-state index is 11.1. The molecule has 0 unspecified atom stereocenters. The molecule has 0 saturated heterocycles. The minimum atomic E-state index is -0.975. The molecule has 0 saturated carbocycles. The second-order valence-corrected chi connectivity index (χ2v) is 4.69. The number of nitrogens with zero attached hydrogens (tertiary/aromatic N) is 1. The van der Waals surface area contributed by atoms with E-state index in [1.807, 2.05) is 6.07 Å². The van der Waals surface area contributed by atoms with Crippen molar-refractivity contribution in [2.24, 2.45) is 0 Å². The van der Waals surface area contributed by atoms with Crippen LogP contribution in [0, 0.1) is 0 Å². The fraction of sp³-hybridized carbons (Fsp3) is 0.200. The van der Waals surface area contributed by atoms with Gasteiger partial charge in [-0.1, -0.05) is 6.07 Å². The van der Waals surface area contributed by atoms with E-state index < -0.39 is 5.97 Å². The Morgan fingerprint density at radius 1 is 1.21 bits per heavy atom. The van der Waals surface area contributed by atoms with Crippen LogP contribution in [0.2, 0.25) is 0 Å². The maximum absolute atomic E-state index is 11.1. The summed E-state index contributed by atoms with van der Waals surface area (Å²) in [6.45, 7) is 0. The van der Waals surface area contributed by atoms with Gasteiger partial charge in [-0.25, -0.2) is 4.79 Å². The van der Waals surface area contributed by atoms with Crippen LogP contribution in [0.3, 0.4) is 0 Å². The summed E-state index contributed by atoms with van der Waals surface area (Å²) in [4.78, 5) is 15.0. The van der Waals surface area contributed by atoms with Crippen LogP contribution in [0.25, 0.3) is 0 Å². The van der Waals surface area contributed by atoms with E-state index in [0.29, 0.717) is 5.69 Å². The van der Waals surface area contributed by atoms with Crippen molar-refractivity contribution in [1.82, 2.24) is 4.98 Å². The monoisotopic (exact) mass is 254 g/mol. The molecule has 4 nitrogen and oxygen atoms in total. The summed E-state index contributed by atoms with van der Waals surface area (Å²) in [5.41, 5.74) is 4.44. The first kappa shape index (κ1) is 11.7. The molecule has 0 bridgehead atoms. The fourth-order valence-corrected chi connectivity index (χ4v) is 2.48. The van der Waals surface area contributed by atoms with Crippen molar-refractivity contribution in [2.75, 3.05) is 5.32 Å². The molecule has 0 amide bonds. The highest BCUT2D eigenvalue weighted by atomic mass is 16.4. The van der Waals surface area contributed by atoms with Crippen LogP contribution >= 0.6 is 0 Å². The van der Waals surface area contributed by atoms with Crippen LogP contribution in [0.4, 0.5) is 11.4 Å². The van der Waals surface area contributed by atoms with Gasteiger partial charge < -0.3 is 10.4 Å². The van der Waals surface area contributed by atoms with E-state index >= 15 is 0 Å². The summed E-state index contributed by atoms with van der Waals surface area (Å²) in [6.07, 6.45) is 6.40. The quantitative estimate of drug-likeness (QED) is 0.883. The molecule has 19 heavy (non-hydrogen) atoms. The number of carbonyl (C=O) groups is 1. The first-order valence-electron chi connectivity index (χ1n) is 6.30. The number of aromatic nitrogens is 1. The van der Waals surface area contributed by atoms with Crippen molar-refractivity contribution in [3.63, 3.8) is 0 Å². The van der Waals surface area contributed by atoms with Crippen LogP contribution in [0.15, 0.2) is 36.7 Å². The Morgan fingerprint density at radius 3 is 2.89 bits per heavy atom. The number of rotatable bonds is 3. The van der Waals surface area contributed by atoms with Gasteiger partial charge in [0.25, 0.3) is 0 Å². The first-order valence-corrected chi connectivity index (χ1v) is 6.30. The van der Waals surface area contributed by atoms with Gasteiger partial charge in [0.1, 0.15) is 5.56 Å². The van der Waals surface area contributed by atoms with Gasteiger partial charge in [-0.05, 0) is 48.6 Å². The molecular weight excluding hydrogens is 240 g/mol. The highest BCUT2D eigenvalue weighted by Crippen LogP contribution is 2.27. The lowest BCUT2D eigenvalue weighted by Gasteiger charge is -2.10. The van der Waals surface area contributed by atoms with Gasteiger partial charge in [0, 0.05) is 18.1 Å². The predicted octanol–water partition coefficient (Wildman–Crippen LogP) is 3.01. The van der Waals surface area contributed by atoms with Crippen LogP contribution in [0.1, 0.15) is 27.9 Å². The fourth-order valence-electron chi connectivity index (χ4n) is 2.48. The smallest absolute Gasteiger partial charge is 0.339 e. The zero-order valence-electron chi connectivity index (χ0n) is 10.4. The number of aryl methyl sites for hydroxylation is 2. The SMILES string of the molecule is O=C(O)c1cnccc1Nc1ccc2c(c1)CCC2. The lowest BCUT2D eigenvalue weighted by molar-refractivity contribution is 0.0697. The van der Waals surface area contributed by atoms with Gasteiger partial charge in [0.05, 0.1) is 5.69 Å². The number of nitrogens with one attached hydrogen (secondary N) is 1. The Kier molecular flexibility index (Phi) is 2.91. The van der Waals surface area contributed by atoms with Gasteiger partial charge in [0.15, 0.2) is 0 Å². The Hall–Kier alpha value is -2.36. The molecule has 1 aliphatic rings. The third kappa shape index (κ3) is 2.29. The normalized spacial score (nSPS) is 13.1. The number of fused-ring (bicyclic) bond motifs is 1. The molecule has 0 spiro atoms. The molecule has 2 aromatic rings. The minimum absolute atomic E-state index is 0.183. The van der Waals surface area contributed by atoms with Gasteiger partial charge in [-0.2, -0.15) is 0 Å². The van der Waals surface area contributed by atoms with E-state index in [9.17, 15) is 4.79 Å². The lowest BCUT2D eigenvalue weighted by atomic mass is 10.1. The molecule has 96 valence electrons. The maximum Gasteiger partial charge on any atom is 0.339 e. The molecule has 0 radical (unpaired) electrons. The van der Waals surface area contributed by atoms with Crippen molar-refractivity contribution in [1.29, 1.82) is 0 Å². The van der Waals surface area contributed by atoms with E-state index in [1.54, 1.807) is 12.3 Å². The standard InChI is InChI=1S/C15H14N2O2/c18-15(19)13-9-16-7-6-14(13)17-12-5-4-10-2-1-3-11(10)8-12/h4-9H,1-3H2,(H,16,17)(H,18,19). The summed E-state index contributed by atoms with van der Waals surface area (Å²) >= 11 is 0. The Bertz CT molecular complexity index is 638. The highest BCUT2D eigenvalue weighted by Gasteiger charge is 2.13. The minimum Gasteiger partial charge on any atom is -0.478 e. The average molecular weight is 254 g/mol. The zero-order chi connectivity index (χ0) is 13.2. The molecule has 0 atom stereocenters. The Morgan fingerprint density at radius 2 is 2.05 bits per heavy atom. The van der Waals surface area contributed by atoms with Crippen molar-refractivity contribution >= 4 is 17.3 Å². The molecule has 0 fully saturated rings. The highest BCUT2D eigenvalue weighted by molar-refractivity contribution is 5.94. The molecule has 1 aromatic carbocycles. The number of hydrogen-bond acceptors (Lipinski definition) is 3.